The summed E-state index contributed by atoms with van der Waals surface area (Å²) in [4.78, 5) is 13.2. The molecule has 0 spiro atoms. The van der Waals surface area contributed by atoms with Crippen LogP contribution in [0, 0.1) is 11.7 Å². The summed E-state index contributed by atoms with van der Waals surface area (Å²) in [5, 5.41) is 3.23. The number of sulfonamides is 1. The molecule has 8 heteroatoms. The molecule has 0 radical (unpaired) electrons. The van der Waals surface area contributed by atoms with E-state index in [1.807, 2.05) is 0 Å². The lowest BCUT2D eigenvalue weighted by Crippen LogP contribution is -2.51. The van der Waals surface area contributed by atoms with Crippen LogP contribution in [0.1, 0.15) is 24.8 Å². The Morgan fingerprint density at radius 3 is 2.53 bits per heavy atom. The summed E-state index contributed by atoms with van der Waals surface area (Å²) in [7, 11) is -3.85. The van der Waals surface area contributed by atoms with Gasteiger partial charge in [-0.25, -0.2) is 17.5 Å². The topological polar surface area (TPSA) is 101 Å². The van der Waals surface area contributed by atoms with Gasteiger partial charge in [0.15, 0.2) is 5.78 Å². The van der Waals surface area contributed by atoms with Crippen LogP contribution < -0.4 is 15.8 Å². The number of piperidine rings is 1. The highest BCUT2D eigenvalue weighted by Crippen LogP contribution is 2.20. The van der Waals surface area contributed by atoms with Gasteiger partial charge in [0.25, 0.3) is 0 Å². The van der Waals surface area contributed by atoms with E-state index >= 15 is 0 Å². The minimum Gasteiger partial charge on any atom is -0.327 e. The zero-order chi connectivity index (χ0) is 21.6. The van der Waals surface area contributed by atoms with Gasteiger partial charge >= 0.3 is 0 Å². The molecule has 1 fully saturated rings. The summed E-state index contributed by atoms with van der Waals surface area (Å²) in [6.45, 7) is 1.39. The molecule has 30 heavy (non-hydrogen) atoms. The van der Waals surface area contributed by atoms with Crippen molar-refractivity contribution in [2.75, 3.05) is 13.1 Å². The predicted molar refractivity (Wildman–Crippen MR) is 114 cm³/mol. The van der Waals surface area contributed by atoms with Crippen molar-refractivity contribution in [1.29, 1.82) is 0 Å². The Morgan fingerprint density at radius 1 is 1.17 bits per heavy atom. The molecule has 1 aliphatic heterocycles. The van der Waals surface area contributed by atoms with E-state index in [1.54, 1.807) is 36.4 Å². The summed E-state index contributed by atoms with van der Waals surface area (Å²) in [6, 6.07) is 12.8. The first-order chi connectivity index (χ1) is 14.4. The lowest BCUT2D eigenvalue weighted by atomic mass is 9.87. The molecular formula is C22H28FN3O3S. The van der Waals surface area contributed by atoms with E-state index in [9.17, 15) is 17.6 Å². The maximum absolute atomic E-state index is 13.9. The Morgan fingerprint density at radius 2 is 1.87 bits per heavy atom. The average molecular weight is 434 g/mol. The minimum absolute atomic E-state index is 0.0349. The van der Waals surface area contributed by atoms with Crippen molar-refractivity contribution < 1.29 is 17.6 Å². The number of nitrogens with one attached hydrogen (secondary N) is 2. The molecule has 2 aromatic rings. The third-order valence-corrected chi connectivity index (χ3v) is 6.85. The number of benzene rings is 2. The number of rotatable bonds is 9. The Kier molecular flexibility index (Phi) is 7.71. The van der Waals surface area contributed by atoms with Crippen LogP contribution in [0.2, 0.25) is 0 Å². The highest BCUT2D eigenvalue weighted by atomic mass is 32.2. The van der Waals surface area contributed by atoms with Crippen molar-refractivity contribution in [3.05, 3.63) is 66.0 Å². The zero-order valence-corrected chi connectivity index (χ0v) is 17.6. The Bertz CT molecular complexity index is 947. The fourth-order valence-corrected chi connectivity index (χ4v) is 5.14. The van der Waals surface area contributed by atoms with Crippen LogP contribution in [-0.4, -0.2) is 39.4 Å². The molecule has 3 rings (SSSR count). The molecule has 0 amide bonds. The molecule has 1 saturated heterocycles. The standard InChI is InChI=1S/C22H28FN3O3S/c23-20-11-5-4-7-16(20)13-18(24)14-21(27)22(17-8-6-12-25-15-17)26-30(28,29)19-9-2-1-3-10-19/h1-5,7,9-11,17-18,22,25-26H,6,8,12-15,24H2. The Balaban J connectivity index is 1.74. The first-order valence-corrected chi connectivity index (χ1v) is 11.6. The van der Waals surface area contributed by atoms with Crippen molar-refractivity contribution in [3.8, 4) is 0 Å². The van der Waals surface area contributed by atoms with Crippen molar-refractivity contribution in [2.24, 2.45) is 11.7 Å². The van der Waals surface area contributed by atoms with Crippen molar-refractivity contribution in [2.45, 2.75) is 42.7 Å². The molecule has 0 aromatic heterocycles. The summed E-state index contributed by atoms with van der Waals surface area (Å²) in [5.41, 5.74) is 6.58. The molecule has 3 atom stereocenters. The number of hydrogen-bond donors (Lipinski definition) is 3. The van der Waals surface area contributed by atoms with Gasteiger partial charge in [-0.1, -0.05) is 36.4 Å². The second kappa shape index (κ2) is 10.3. The fourth-order valence-electron chi connectivity index (χ4n) is 3.83. The number of carbonyl (C=O) groups excluding carboxylic acids is 1. The molecule has 3 unspecified atom stereocenters. The van der Waals surface area contributed by atoms with Gasteiger partial charge in [0.1, 0.15) is 5.82 Å². The van der Waals surface area contributed by atoms with Gasteiger partial charge in [-0.05, 0) is 62.0 Å². The van der Waals surface area contributed by atoms with Crippen LogP contribution in [0.4, 0.5) is 4.39 Å². The van der Waals surface area contributed by atoms with Crippen molar-refractivity contribution in [1.82, 2.24) is 10.0 Å². The molecule has 0 bridgehead atoms. The maximum atomic E-state index is 13.9. The molecule has 162 valence electrons. The molecule has 4 N–H and O–H groups in total. The lowest BCUT2D eigenvalue weighted by Gasteiger charge is -2.31. The van der Waals surface area contributed by atoms with Gasteiger partial charge in [0.05, 0.1) is 10.9 Å². The van der Waals surface area contributed by atoms with Gasteiger partial charge in [-0.3, -0.25) is 4.79 Å². The smallest absolute Gasteiger partial charge is 0.241 e. The van der Waals surface area contributed by atoms with Gasteiger partial charge in [0, 0.05) is 12.5 Å². The molecule has 0 saturated carbocycles. The minimum atomic E-state index is -3.85. The van der Waals surface area contributed by atoms with Gasteiger partial charge in [-0.2, -0.15) is 0 Å². The Labute approximate surface area is 177 Å². The zero-order valence-electron chi connectivity index (χ0n) is 16.8. The van der Waals surface area contributed by atoms with E-state index in [2.05, 4.69) is 10.0 Å². The molecule has 0 aliphatic carbocycles. The highest BCUT2D eigenvalue weighted by molar-refractivity contribution is 7.89. The second-order valence-corrected chi connectivity index (χ2v) is 9.46. The van der Waals surface area contributed by atoms with Crippen LogP contribution in [0.25, 0.3) is 0 Å². The average Bonchev–Trinajstić information content (AvgIpc) is 2.75. The lowest BCUT2D eigenvalue weighted by molar-refractivity contribution is -0.122. The summed E-state index contributed by atoms with van der Waals surface area (Å²) < 4.78 is 42.2. The quantitative estimate of drug-likeness (QED) is 0.562. The third-order valence-electron chi connectivity index (χ3n) is 5.39. The first kappa shape index (κ1) is 22.6. The summed E-state index contributed by atoms with van der Waals surface area (Å²) >= 11 is 0. The van der Waals surface area contributed by atoms with Crippen molar-refractivity contribution in [3.63, 3.8) is 0 Å². The summed E-state index contributed by atoms with van der Waals surface area (Å²) in [5.74, 6) is -0.796. The van der Waals surface area contributed by atoms with E-state index in [-0.39, 0.29) is 35.3 Å². The molecule has 1 aliphatic rings. The normalized spacial score (nSPS) is 19.2. The number of hydrogen-bond acceptors (Lipinski definition) is 5. The largest absolute Gasteiger partial charge is 0.327 e. The highest BCUT2D eigenvalue weighted by Gasteiger charge is 2.34. The number of halogens is 1. The van der Waals surface area contributed by atoms with E-state index < -0.39 is 22.1 Å². The molecule has 2 aromatic carbocycles. The van der Waals surface area contributed by atoms with Gasteiger partial charge in [-0.15, -0.1) is 0 Å². The van der Waals surface area contributed by atoms with E-state index in [4.69, 9.17) is 5.73 Å². The molecule has 6 nitrogen and oxygen atoms in total. The maximum Gasteiger partial charge on any atom is 0.241 e. The molecular weight excluding hydrogens is 405 g/mol. The van der Waals surface area contributed by atoms with Crippen LogP contribution in [-0.2, 0) is 21.2 Å². The van der Waals surface area contributed by atoms with E-state index in [0.717, 1.165) is 19.4 Å². The SMILES string of the molecule is NC(CC(=O)C(NS(=O)(=O)c1ccccc1)C1CCCNC1)Cc1ccccc1F. The second-order valence-electron chi connectivity index (χ2n) is 7.74. The van der Waals surface area contributed by atoms with Gasteiger partial charge in [0.2, 0.25) is 10.0 Å². The van der Waals surface area contributed by atoms with Gasteiger partial charge < -0.3 is 11.1 Å². The third kappa shape index (κ3) is 5.95. The van der Waals surface area contributed by atoms with E-state index in [0.29, 0.717) is 12.1 Å². The van der Waals surface area contributed by atoms with Crippen LogP contribution in [0.5, 0.6) is 0 Å². The van der Waals surface area contributed by atoms with Crippen LogP contribution in [0.15, 0.2) is 59.5 Å². The van der Waals surface area contributed by atoms with Crippen LogP contribution >= 0.6 is 0 Å². The first-order valence-electron chi connectivity index (χ1n) is 10.2. The number of Topliss-reactive ketones (excluding diaryl/α,β-unsaturated/α-hetero) is 1. The van der Waals surface area contributed by atoms with Crippen molar-refractivity contribution >= 4 is 15.8 Å². The fraction of sp³-hybridized carbons (Fsp3) is 0.409. The summed E-state index contributed by atoms with van der Waals surface area (Å²) in [6.07, 6.45) is 1.78. The van der Waals surface area contributed by atoms with Crippen LogP contribution in [0.3, 0.4) is 0 Å². The number of ketones is 1. The Hall–Kier alpha value is -2.13. The van der Waals surface area contributed by atoms with E-state index in [1.165, 1.54) is 18.2 Å². The number of nitrogens with two attached hydrogens (primary N) is 1. The monoisotopic (exact) mass is 433 g/mol. The predicted octanol–water partition coefficient (Wildman–Crippen LogP) is 2.00. The molecule has 1 heterocycles. The number of carbonyl (C=O) groups is 1.